The molecule has 0 radical (unpaired) electrons. The Balaban J connectivity index is 1.66. The fraction of sp³-hybridized carbons (Fsp3) is 0.174. The quantitative estimate of drug-likeness (QED) is 0.489. The second-order valence-corrected chi connectivity index (χ2v) is 7.29. The number of benzene rings is 2. The number of halogens is 1. The molecule has 3 N–H and O–H groups in total. The van der Waals surface area contributed by atoms with Crippen LogP contribution in [0.25, 0.3) is 6.08 Å². The van der Waals surface area contributed by atoms with Crippen LogP contribution in [-0.2, 0) is 11.4 Å². The van der Waals surface area contributed by atoms with E-state index in [1.54, 1.807) is 30.3 Å². The summed E-state index contributed by atoms with van der Waals surface area (Å²) in [5.74, 6) is 0.774. The molecule has 0 atom stereocenters. The van der Waals surface area contributed by atoms with Gasteiger partial charge < -0.3 is 25.0 Å². The van der Waals surface area contributed by atoms with Crippen LogP contribution in [0.5, 0.6) is 11.5 Å². The number of nitrogens with one attached hydrogen (secondary N) is 1. The van der Waals surface area contributed by atoms with Gasteiger partial charge in [-0.3, -0.25) is 9.59 Å². The zero-order valence-corrected chi connectivity index (χ0v) is 18.5. The molecule has 0 saturated carbocycles. The van der Waals surface area contributed by atoms with Gasteiger partial charge in [0.05, 0.1) is 29.0 Å². The number of methoxy groups -OCH3 is 1. The first kappa shape index (κ1) is 22.9. The maximum Gasteiger partial charge on any atom is 0.250 e. The number of ether oxygens (including phenoxy) is 2. The number of aromatic nitrogens is 1. The van der Waals surface area contributed by atoms with Crippen LogP contribution in [0.1, 0.15) is 32.9 Å². The molecule has 32 heavy (non-hydrogen) atoms. The van der Waals surface area contributed by atoms with Crippen LogP contribution in [0.4, 0.5) is 5.69 Å². The second-order valence-electron chi connectivity index (χ2n) is 6.88. The highest BCUT2D eigenvalue weighted by atomic mass is 35.5. The van der Waals surface area contributed by atoms with Gasteiger partial charge in [0.2, 0.25) is 11.8 Å². The molecule has 0 spiro atoms. The molecule has 0 unspecified atom stereocenters. The molecular weight excluding hydrogens is 434 g/mol. The lowest BCUT2D eigenvalue weighted by molar-refractivity contribution is -0.111. The van der Waals surface area contributed by atoms with Gasteiger partial charge in [0.15, 0.2) is 11.5 Å². The van der Waals surface area contributed by atoms with Crippen LogP contribution < -0.4 is 20.5 Å². The highest BCUT2D eigenvalue weighted by Gasteiger charge is 2.12. The summed E-state index contributed by atoms with van der Waals surface area (Å²) >= 11 is 6.00. The van der Waals surface area contributed by atoms with Crippen molar-refractivity contribution in [1.29, 1.82) is 0 Å². The first-order chi connectivity index (χ1) is 15.3. The number of nitrogens with zero attached hydrogens (tertiary/aromatic N) is 1. The number of carbonyl (C=O) groups is 2. The third-order valence-electron chi connectivity index (χ3n) is 4.67. The van der Waals surface area contributed by atoms with Gasteiger partial charge >= 0.3 is 0 Å². The average molecular weight is 456 g/mol. The Morgan fingerprint density at radius 2 is 1.97 bits per heavy atom. The van der Waals surface area contributed by atoms with Gasteiger partial charge in [-0.05, 0) is 55.8 Å². The summed E-state index contributed by atoms with van der Waals surface area (Å²) in [4.78, 5) is 23.5. The van der Waals surface area contributed by atoms with E-state index in [1.807, 2.05) is 13.8 Å². The van der Waals surface area contributed by atoms with Gasteiger partial charge in [-0.2, -0.15) is 0 Å². The minimum atomic E-state index is -0.638. The molecular formula is C23H22ClN3O5. The summed E-state index contributed by atoms with van der Waals surface area (Å²) in [6.45, 7) is 3.98. The highest BCUT2D eigenvalue weighted by molar-refractivity contribution is 6.34. The van der Waals surface area contributed by atoms with Gasteiger partial charge in [0, 0.05) is 11.8 Å². The van der Waals surface area contributed by atoms with Crippen LogP contribution in [0.3, 0.4) is 0 Å². The zero-order valence-electron chi connectivity index (χ0n) is 17.8. The lowest BCUT2D eigenvalue weighted by Gasteiger charge is -2.11. The van der Waals surface area contributed by atoms with E-state index in [9.17, 15) is 9.59 Å². The number of amides is 2. The molecule has 166 valence electrons. The number of carbonyl (C=O) groups excluding carboxylic acids is 2. The normalized spacial score (nSPS) is 10.9. The minimum absolute atomic E-state index is 0.163. The molecule has 8 nitrogen and oxygen atoms in total. The molecule has 1 heterocycles. The van der Waals surface area contributed by atoms with Crippen molar-refractivity contribution in [1.82, 2.24) is 5.16 Å². The Kier molecular flexibility index (Phi) is 7.17. The van der Waals surface area contributed by atoms with E-state index < -0.39 is 5.91 Å². The monoisotopic (exact) mass is 455 g/mol. The Bertz CT molecular complexity index is 1170. The SMILES string of the molecule is COc1cc(/C=C/C(=O)Nc2ccc(C(N)=O)c(Cl)c2)ccc1OCc1c(C)noc1C. The minimum Gasteiger partial charge on any atom is -0.493 e. The van der Waals surface area contributed by atoms with Gasteiger partial charge in [-0.15, -0.1) is 0 Å². The summed E-state index contributed by atoms with van der Waals surface area (Å²) in [6, 6.07) is 9.78. The van der Waals surface area contributed by atoms with Crippen LogP contribution in [-0.4, -0.2) is 24.1 Å². The van der Waals surface area contributed by atoms with Gasteiger partial charge in [-0.25, -0.2) is 0 Å². The standard InChI is InChI=1S/C23H22ClN3O5/c1-13-18(14(2)32-27-13)12-31-20-8-4-15(10-21(20)30-3)5-9-22(28)26-16-6-7-17(23(25)29)19(24)11-16/h4-11H,12H2,1-3H3,(H2,25,29)(H,26,28)/b9-5+. The van der Waals surface area contributed by atoms with Gasteiger partial charge in [0.1, 0.15) is 12.4 Å². The third-order valence-corrected chi connectivity index (χ3v) is 4.98. The van der Waals surface area contributed by atoms with E-state index in [2.05, 4.69) is 10.5 Å². The Morgan fingerprint density at radius 3 is 2.59 bits per heavy atom. The van der Waals surface area contributed by atoms with Crippen molar-refractivity contribution in [2.75, 3.05) is 12.4 Å². The van der Waals surface area contributed by atoms with Crippen molar-refractivity contribution in [3.05, 3.63) is 75.6 Å². The van der Waals surface area contributed by atoms with Crippen LogP contribution in [0.2, 0.25) is 5.02 Å². The number of anilines is 1. The third kappa shape index (κ3) is 5.47. The van der Waals surface area contributed by atoms with Crippen molar-refractivity contribution < 1.29 is 23.6 Å². The fourth-order valence-electron chi connectivity index (χ4n) is 2.91. The molecule has 9 heteroatoms. The van der Waals surface area contributed by atoms with Crippen LogP contribution in [0, 0.1) is 13.8 Å². The van der Waals surface area contributed by atoms with E-state index >= 15 is 0 Å². The van der Waals surface area contributed by atoms with Crippen LogP contribution in [0.15, 0.2) is 47.0 Å². The number of aryl methyl sites for hydroxylation is 2. The molecule has 2 amide bonds. The number of hydrogen-bond acceptors (Lipinski definition) is 6. The molecule has 1 aromatic heterocycles. The Hall–Kier alpha value is -3.78. The average Bonchev–Trinajstić information content (AvgIpc) is 3.08. The van der Waals surface area contributed by atoms with Crippen molar-refractivity contribution in [2.24, 2.45) is 5.73 Å². The molecule has 0 bridgehead atoms. The fourth-order valence-corrected chi connectivity index (χ4v) is 3.19. The summed E-state index contributed by atoms with van der Waals surface area (Å²) in [6.07, 6.45) is 3.00. The molecule has 0 aliphatic heterocycles. The molecule has 0 saturated heterocycles. The van der Waals surface area contributed by atoms with E-state index in [4.69, 9.17) is 31.3 Å². The van der Waals surface area contributed by atoms with E-state index in [0.29, 0.717) is 29.6 Å². The van der Waals surface area contributed by atoms with Gasteiger partial charge in [-0.1, -0.05) is 22.8 Å². The first-order valence-corrected chi connectivity index (χ1v) is 9.97. The molecule has 0 aliphatic rings. The maximum absolute atomic E-state index is 12.2. The molecule has 0 fully saturated rings. The maximum atomic E-state index is 12.2. The lowest BCUT2D eigenvalue weighted by atomic mass is 10.1. The predicted molar refractivity (Wildman–Crippen MR) is 121 cm³/mol. The lowest BCUT2D eigenvalue weighted by Crippen LogP contribution is -2.12. The topological polar surface area (TPSA) is 117 Å². The Morgan fingerprint density at radius 1 is 1.19 bits per heavy atom. The number of rotatable bonds is 8. The smallest absolute Gasteiger partial charge is 0.250 e. The predicted octanol–water partition coefficient (Wildman–Crippen LogP) is 4.28. The largest absolute Gasteiger partial charge is 0.493 e. The number of hydrogen-bond donors (Lipinski definition) is 2. The second kappa shape index (κ2) is 10.0. The molecule has 0 aliphatic carbocycles. The summed E-state index contributed by atoms with van der Waals surface area (Å²) in [7, 11) is 1.54. The molecule has 3 aromatic rings. The first-order valence-electron chi connectivity index (χ1n) is 9.59. The highest BCUT2D eigenvalue weighted by Crippen LogP contribution is 2.30. The van der Waals surface area contributed by atoms with Crippen LogP contribution >= 0.6 is 11.6 Å². The molecule has 2 aromatic carbocycles. The van der Waals surface area contributed by atoms with Crippen molar-refractivity contribution in [3.8, 4) is 11.5 Å². The Labute approximate surface area is 189 Å². The van der Waals surface area contributed by atoms with Crippen molar-refractivity contribution >= 4 is 35.2 Å². The van der Waals surface area contributed by atoms with Crippen molar-refractivity contribution in [3.63, 3.8) is 0 Å². The zero-order chi connectivity index (χ0) is 23.3. The molecule has 3 rings (SSSR count). The number of primary amides is 1. The van der Waals surface area contributed by atoms with E-state index in [-0.39, 0.29) is 16.5 Å². The number of nitrogens with two attached hydrogens (primary N) is 1. The summed E-state index contributed by atoms with van der Waals surface area (Å²) in [5.41, 5.74) is 8.25. The van der Waals surface area contributed by atoms with Gasteiger partial charge in [0.25, 0.3) is 0 Å². The van der Waals surface area contributed by atoms with E-state index in [0.717, 1.165) is 16.8 Å². The van der Waals surface area contributed by atoms with Crippen molar-refractivity contribution in [2.45, 2.75) is 20.5 Å². The van der Waals surface area contributed by atoms with E-state index in [1.165, 1.54) is 25.3 Å². The summed E-state index contributed by atoms with van der Waals surface area (Å²) in [5, 5.41) is 6.75. The summed E-state index contributed by atoms with van der Waals surface area (Å²) < 4.78 is 16.4.